The number of hydrogen-bond donors (Lipinski definition) is 1. The van der Waals surface area contributed by atoms with Crippen molar-refractivity contribution in [1.29, 1.82) is 0 Å². The molecule has 1 aliphatic heterocycles. The van der Waals surface area contributed by atoms with Gasteiger partial charge in [-0.05, 0) is 22.0 Å². The average Bonchev–Trinajstić information content (AvgIpc) is 2.36. The highest BCUT2D eigenvalue weighted by Gasteiger charge is 2.25. The van der Waals surface area contributed by atoms with E-state index in [-0.39, 0.29) is 16.3 Å². The van der Waals surface area contributed by atoms with E-state index < -0.39 is 11.6 Å². The summed E-state index contributed by atoms with van der Waals surface area (Å²) in [4.78, 5) is 0. The highest BCUT2D eigenvalue weighted by atomic mass is 79.9. The molecule has 1 aromatic rings. The Bertz CT molecular complexity index is 422. The Kier molecular flexibility index (Phi) is 3.96. The highest BCUT2D eigenvalue weighted by molar-refractivity contribution is 9.10. The molecule has 1 aromatic carbocycles. The molecule has 1 heterocycles. The molecule has 0 bridgehead atoms. The number of rotatable bonds is 2. The van der Waals surface area contributed by atoms with Gasteiger partial charge in [-0.1, -0.05) is 0 Å². The van der Waals surface area contributed by atoms with Crippen molar-refractivity contribution < 1.29 is 18.3 Å². The van der Waals surface area contributed by atoms with E-state index in [0.717, 1.165) is 6.54 Å². The van der Waals surface area contributed by atoms with Crippen LogP contribution in [0.2, 0.25) is 0 Å². The van der Waals surface area contributed by atoms with Crippen LogP contribution in [0.4, 0.5) is 8.78 Å². The number of morpholine rings is 1. The summed E-state index contributed by atoms with van der Waals surface area (Å²) in [5, 5.41) is 3.13. The lowest BCUT2D eigenvalue weighted by Gasteiger charge is -2.25. The molecular weight excluding hydrogens is 296 g/mol. The van der Waals surface area contributed by atoms with Crippen molar-refractivity contribution in [2.24, 2.45) is 0 Å². The maximum Gasteiger partial charge on any atom is 0.202 e. The van der Waals surface area contributed by atoms with Crippen molar-refractivity contribution in [1.82, 2.24) is 5.32 Å². The summed E-state index contributed by atoms with van der Waals surface area (Å²) in [6.07, 6.45) is -0.329. The molecule has 0 saturated carbocycles. The van der Waals surface area contributed by atoms with E-state index in [4.69, 9.17) is 9.47 Å². The quantitative estimate of drug-likeness (QED) is 0.851. The molecule has 0 aromatic heterocycles. The van der Waals surface area contributed by atoms with Crippen LogP contribution >= 0.6 is 15.9 Å². The molecule has 6 heteroatoms. The molecule has 0 radical (unpaired) electrons. The first kappa shape index (κ1) is 12.7. The first-order valence-corrected chi connectivity index (χ1v) is 5.98. The van der Waals surface area contributed by atoms with E-state index in [0.29, 0.717) is 18.7 Å². The number of hydrogen-bond acceptors (Lipinski definition) is 3. The molecule has 0 aliphatic carbocycles. The molecule has 17 heavy (non-hydrogen) atoms. The predicted molar refractivity (Wildman–Crippen MR) is 62.2 cm³/mol. The largest absolute Gasteiger partial charge is 0.493 e. The van der Waals surface area contributed by atoms with E-state index in [1.165, 1.54) is 13.2 Å². The van der Waals surface area contributed by atoms with Gasteiger partial charge in [-0.3, -0.25) is 0 Å². The molecule has 1 atom stereocenters. The Morgan fingerprint density at radius 2 is 2.24 bits per heavy atom. The van der Waals surface area contributed by atoms with Crippen LogP contribution in [0.25, 0.3) is 0 Å². The van der Waals surface area contributed by atoms with Gasteiger partial charge in [0.1, 0.15) is 0 Å². The molecule has 1 saturated heterocycles. The molecule has 3 nitrogen and oxygen atoms in total. The van der Waals surface area contributed by atoms with Crippen LogP contribution in [0.3, 0.4) is 0 Å². The van der Waals surface area contributed by atoms with Crippen molar-refractivity contribution >= 4 is 15.9 Å². The summed E-state index contributed by atoms with van der Waals surface area (Å²) in [5.41, 5.74) is 0.505. The lowest BCUT2D eigenvalue weighted by molar-refractivity contribution is 0.0258. The van der Waals surface area contributed by atoms with Gasteiger partial charge in [0, 0.05) is 18.7 Å². The molecule has 0 spiro atoms. The molecule has 2 rings (SSSR count). The predicted octanol–water partition coefficient (Wildman–Crippen LogP) is 2.40. The third-order valence-electron chi connectivity index (χ3n) is 2.62. The van der Waals surface area contributed by atoms with Crippen LogP contribution in [-0.4, -0.2) is 26.8 Å². The highest BCUT2D eigenvalue weighted by Crippen LogP contribution is 2.35. The monoisotopic (exact) mass is 307 g/mol. The lowest BCUT2D eigenvalue weighted by Crippen LogP contribution is -2.33. The second-order valence-corrected chi connectivity index (χ2v) is 4.53. The summed E-state index contributed by atoms with van der Waals surface area (Å²) in [6, 6.07) is 1.49. The van der Waals surface area contributed by atoms with E-state index in [1.807, 2.05) is 0 Å². The van der Waals surface area contributed by atoms with Crippen molar-refractivity contribution in [2.75, 3.05) is 26.8 Å². The summed E-state index contributed by atoms with van der Waals surface area (Å²) in [7, 11) is 1.31. The van der Waals surface area contributed by atoms with Crippen LogP contribution in [0.1, 0.15) is 11.7 Å². The van der Waals surface area contributed by atoms with Gasteiger partial charge in [0.05, 0.1) is 24.3 Å². The van der Waals surface area contributed by atoms with E-state index in [2.05, 4.69) is 21.2 Å². The molecule has 94 valence electrons. The van der Waals surface area contributed by atoms with Gasteiger partial charge in [0.15, 0.2) is 11.6 Å². The third-order valence-corrected chi connectivity index (χ3v) is 3.20. The first-order chi connectivity index (χ1) is 8.15. The number of nitrogens with one attached hydrogen (secondary N) is 1. The van der Waals surface area contributed by atoms with Gasteiger partial charge in [-0.15, -0.1) is 0 Å². The summed E-state index contributed by atoms with van der Waals surface area (Å²) in [5.74, 6) is -2.04. The average molecular weight is 308 g/mol. The Morgan fingerprint density at radius 3 is 2.82 bits per heavy atom. The van der Waals surface area contributed by atoms with Crippen molar-refractivity contribution in [3.05, 3.63) is 27.7 Å². The Hall–Kier alpha value is -0.720. The van der Waals surface area contributed by atoms with Gasteiger partial charge in [-0.2, -0.15) is 4.39 Å². The fourth-order valence-electron chi connectivity index (χ4n) is 1.81. The maximum absolute atomic E-state index is 13.7. The molecule has 1 aliphatic rings. The van der Waals surface area contributed by atoms with Gasteiger partial charge < -0.3 is 14.8 Å². The van der Waals surface area contributed by atoms with Crippen LogP contribution in [0, 0.1) is 11.6 Å². The number of halogens is 3. The second kappa shape index (κ2) is 5.29. The van der Waals surface area contributed by atoms with Crippen LogP contribution in [0.5, 0.6) is 5.75 Å². The molecule has 0 amide bonds. The Balaban J connectivity index is 2.44. The molecular formula is C11H12BrF2NO2. The normalized spacial score (nSPS) is 20.4. The SMILES string of the molecule is COc1c(C2CNCCO2)cc(Br)c(F)c1F. The number of benzene rings is 1. The zero-order valence-corrected chi connectivity index (χ0v) is 10.8. The minimum atomic E-state index is -0.994. The van der Waals surface area contributed by atoms with Gasteiger partial charge in [-0.25, -0.2) is 4.39 Å². The maximum atomic E-state index is 13.7. The molecule has 1 unspecified atom stereocenters. The Morgan fingerprint density at radius 1 is 1.47 bits per heavy atom. The van der Waals surface area contributed by atoms with Gasteiger partial charge >= 0.3 is 0 Å². The standard InChI is InChI=1S/C11H12BrF2NO2/c1-16-11-6(8-5-15-2-3-17-8)4-7(12)9(13)10(11)14/h4,8,15H,2-3,5H2,1H3. The molecule has 1 N–H and O–H groups in total. The fourth-order valence-corrected chi connectivity index (χ4v) is 2.23. The van der Waals surface area contributed by atoms with E-state index in [9.17, 15) is 8.78 Å². The van der Waals surface area contributed by atoms with Crippen molar-refractivity contribution in [3.8, 4) is 5.75 Å². The molecule has 1 fully saturated rings. The van der Waals surface area contributed by atoms with Crippen LogP contribution in [-0.2, 0) is 4.74 Å². The van der Waals surface area contributed by atoms with Crippen LogP contribution in [0.15, 0.2) is 10.5 Å². The smallest absolute Gasteiger partial charge is 0.202 e. The Labute approximate surface area is 106 Å². The number of methoxy groups -OCH3 is 1. The fraction of sp³-hybridized carbons (Fsp3) is 0.455. The van der Waals surface area contributed by atoms with Gasteiger partial charge in [0.2, 0.25) is 5.82 Å². The minimum absolute atomic E-state index is 0.0694. The summed E-state index contributed by atoms with van der Waals surface area (Å²) < 4.78 is 37.5. The minimum Gasteiger partial charge on any atom is -0.493 e. The topological polar surface area (TPSA) is 30.5 Å². The van der Waals surface area contributed by atoms with E-state index in [1.54, 1.807) is 0 Å². The zero-order chi connectivity index (χ0) is 12.4. The van der Waals surface area contributed by atoms with Crippen LogP contribution < -0.4 is 10.1 Å². The second-order valence-electron chi connectivity index (χ2n) is 3.67. The lowest BCUT2D eigenvalue weighted by atomic mass is 10.1. The van der Waals surface area contributed by atoms with Crippen molar-refractivity contribution in [3.63, 3.8) is 0 Å². The summed E-state index contributed by atoms with van der Waals surface area (Å²) in [6.45, 7) is 1.84. The number of ether oxygens (including phenoxy) is 2. The summed E-state index contributed by atoms with van der Waals surface area (Å²) >= 11 is 2.98. The van der Waals surface area contributed by atoms with Gasteiger partial charge in [0.25, 0.3) is 0 Å². The third kappa shape index (κ3) is 2.43. The zero-order valence-electron chi connectivity index (χ0n) is 9.23. The first-order valence-electron chi connectivity index (χ1n) is 5.19. The van der Waals surface area contributed by atoms with E-state index >= 15 is 0 Å². The van der Waals surface area contributed by atoms with Crippen molar-refractivity contribution in [2.45, 2.75) is 6.10 Å².